The Morgan fingerprint density at radius 2 is 2.04 bits per heavy atom. The molecule has 1 aromatic carbocycles. The molecule has 0 saturated carbocycles. The first-order valence-corrected chi connectivity index (χ1v) is 7.57. The number of aromatic amines is 1. The van der Waals surface area contributed by atoms with Gasteiger partial charge in [0.25, 0.3) is 0 Å². The number of rotatable bonds is 6. The summed E-state index contributed by atoms with van der Waals surface area (Å²) in [4.78, 5) is 24.0. The van der Waals surface area contributed by atoms with E-state index in [2.05, 4.69) is 10.2 Å². The van der Waals surface area contributed by atoms with Crippen molar-refractivity contribution in [1.82, 2.24) is 14.8 Å². The second-order valence-corrected chi connectivity index (χ2v) is 5.13. The Bertz CT molecular complexity index is 899. The number of nitrogens with one attached hydrogen (secondary N) is 1. The van der Waals surface area contributed by atoms with Crippen molar-refractivity contribution in [1.29, 1.82) is 0 Å². The van der Waals surface area contributed by atoms with Gasteiger partial charge >= 0.3 is 5.97 Å². The van der Waals surface area contributed by atoms with Crippen molar-refractivity contribution in [3.63, 3.8) is 0 Å². The van der Waals surface area contributed by atoms with Gasteiger partial charge in [0.05, 0.1) is 18.6 Å². The molecule has 7 heteroatoms. The van der Waals surface area contributed by atoms with E-state index in [1.165, 1.54) is 0 Å². The topological polar surface area (TPSA) is 86.2 Å². The van der Waals surface area contributed by atoms with Crippen LogP contribution >= 0.6 is 0 Å². The molecule has 0 saturated heterocycles. The SMILES string of the molecule is CCOC(=O)c1n[nH]c2c(ccn2COCc2ccccc2)c1=O. The van der Waals surface area contributed by atoms with Crippen LogP contribution in [0.25, 0.3) is 11.0 Å². The van der Waals surface area contributed by atoms with E-state index in [4.69, 9.17) is 9.47 Å². The second kappa shape index (κ2) is 7.10. The maximum atomic E-state index is 12.3. The van der Waals surface area contributed by atoms with Crippen molar-refractivity contribution in [2.45, 2.75) is 20.3 Å². The molecule has 2 aromatic heterocycles. The second-order valence-electron chi connectivity index (χ2n) is 5.13. The van der Waals surface area contributed by atoms with Gasteiger partial charge in [-0.1, -0.05) is 30.3 Å². The van der Waals surface area contributed by atoms with Gasteiger partial charge < -0.3 is 14.0 Å². The van der Waals surface area contributed by atoms with Crippen molar-refractivity contribution in [2.75, 3.05) is 6.61 Å². The predicted octanol–water partition coefficient (Wildman–Crippen LogP) is 2.08. The molecule has 3 aromatic rings. The normalized spacial score (nSPS) is 10.9. The maximum absolute atomic E-state index is 12.3. The largest absolute Gasteiger partial charge is 0.461 e. The summed E-state index contributed by atoms with van der Waals surface area (Å²) >= 11 is 0. The zero-order valence-corrected chi connectivity index (χ0v) is 13.2. The summed E-state index contributed by atoms with van der Waals surface area (Å²) in [5.41, 5.74) is 0.864. The molecule has 2 heterocycles. The Balaban J connectivity index is 1.77. The van der Waals surface area contributed by atoms with Crippen LogP contribution in [0.15, 0.2) is 47.4 Å². The van der Waals surface area contributed by atoms with Crippen molar-refractivity contribution in [2.24, 2.45) is 0 Å². The van der Waals surface area contributed by atoms with Gasteiger partial charge in [0.2, 0.25) is 11.1 Å². The fraction of sp³-hybridized carbons (Fsp3) is 0.235. The highest BCUT2D eigenvalue weighted by molar-refractivity contribution is 5.90. The maximum Gasteiger partial charge on any atom is 0.362 e. The van der Waals surface area contributed by atoms with E-state index < -0.39 is 11.4 Å². The first-order chi connectivity index (χ1) is 11.7. The molecule has 3 rings (SSSR count). The van der Waals surface area contributed by atoms with E-state index in [1.54, 1.807) is 23.8 Å². The van der Waals surface area contributed by atoms with Crippen LogP contribution in [0.3, 0.4) is 0 Å². The number of hydrogen-bond donors (Lipinski definition) is 1. The average molecular weight is 327 g/mol. The molecule has 0 spiro atoms. The van der Waals surface area contributed by atoms with E-state index in [0.29, 0.717) is 17.6 Å². The third kappa shape index (κ3) is 3.21. The van der Waals surface area contributed by atoms with Crippen LogP contribution in [0.4, 0.5) is 0 Å². The van der Waals surface area contributed by atoms with Gasteiger partial charge in [-0.2, -0.15) is 5.10 Å². The zero-order chi connectivity index (χ0) is 16.9. The number of nitrogens with zero attached hydrogens (tertiary/aromatic N) is 2. The molecule has 0 aliphatic carbocycles. The Morgan fingerprint density at radius 1 is 1.25 bits per heavy atom. The number of ether oxygens (including phenoxy) is 2. The van der Waals surface area contributed by atoms with Crippen LogP contribution < -0.4 is 5.43 Å². The number of esters is 1. The van der Waals surface area contributed by atoms with Crippen molar-refractivity contribution in [3.8, 4) is 0 Å². The van der Waals surface area contributed by atoms with Gasteiger partial charge in [0, 0.05) is 6.20 Å². The summed E-state index contributed by atoms with van der Waals surface area (Å²) in [6.45, 7) is 2.57. The Hall–Kier alpha value is -2.93. The third-order valence-corrected chi connectivity index (χ3v) is 3.51. The highest BCUT2D eigenvalue weighted by Crippen LogP contribution is 2.10. The fourth-order valence-electron chi connectivity index (χ4n) is 2.35. The summed E-state index contributed by atoms with van der Waals surface area (Å²) in [7, 11) is 0. The Labute approximate surface area is 137 Å². The quantitative estimate of drug-likeness (QED) is 0.701. The van der Waals surface area contributed by atoms with E-state index >= 15 is 0 Å². The predicted molar refractivity (Wildman–Crippen MR) is 87.5 cm³/mol. The van der Waals surface area contributed by atoms with E-state index in [0.717, 1.165) is 5.56 Å². The lowest BCUT2D eigenvalue weighted by Gasteiger charge is -2.07. The lowest BCUT2D eigenvalue weighted by atomic mass is 10.2. The molecule has 1 N–H and O–H groups in total. The van der Waals surface area contributed by atoms with Crippen LogP contribution in [0.1, 0.15) is 23.0 Å². The smallest absolute Gasteiger partial charge is 0.362 e. The van der Waals surface area contributed by atoms with Crippen LogP contribution in [-0.4, -0.2) is 27.3 Å². The summed E-state index contributed by atoms with van der Waals surface area (Å²) in [5.74, 6) is -0.728. The van der Waals surface area contributed by atoms with Gasteiger partial charge in [-0.3, -0.25) is 9.89 Å². The van der Waals surface area contributed by atoms with E-state index in [9.17, 15) is 9.59 Å². The number of H-pyrrole nitrogens is 1. The molecule has 124 valence electrons. The van der Waals surface area contributed by atoms with Gasteiger partial charge in [0.15, 0.2) is 0 Å². The molecule has 0 radical (unpaired) electrons. The molecule has 0 bridgehead atoms. The Kier molecular flexibility index (Phi) is 4.72. The minimum Gasteiger partial charge on any atom is -0.461 e. The number of fused-ring (bicyclic) bond motifs is 1. The average Bonchev–Trinajstić information content (AvgIpc) is 3.00. The highest BCUT2D eigenvalue weighted by Gasteiger charge is 2.17. The van der Waals surface area contributed by atoms with Crippen molar-refractivity contribution >= 4 is 17.0 Å². The summed E-state index contributed by atoms with van der Waals surface area (Å²) in [5, 5.41) is 6.94. The van der Waals surface area contributed by atoms with E-state index in [1.807, 2.05) is 30.3 Å². The minimum atomic E-state index is -0.728. The number of aromatic nitrogens is 3. The molecule has 7 nitrogen and oxygen atoms in total. The number of hydrogen-bond acceptors (Lipinski definition) is 5. The number of benzene rings is 1. The van der Waals surface area contributed by atoms with Gasteiger partial charge in [0.1, 0.15) is 12.4 Å². The molecule has 0 unspecified atom stereocenters. The minimum absolute atomic E-state index is 0.187. The lowest BCUT2D eigenvalue weighted by Crippen LogP contribution is -2.21. The molecule has 0 aliphatic heterocycles. The van der Waals surface area contributed by atoms with Crippen molar-refractivity contribution < 1.29 is 14.3 Å². The van der Waals surface area contributed by atoms with Crippen LogP contribution in [-0.2, 0) is 22.8 Å². The van der Waals surface area contributed by atoms with Crippen LogP contribution in [0.5, 0.6) is 0 Å². The fourth-order valence-corrected chi connectivity index (χ4v) is 2.35. The standard InChI is InChI=1S/C17H17N3O4/c1-2-24-17(22)14-15(21)13-8-9-20(16(13)19-18-14)11-23-10-12-6-4-3-5-7-12/h3-9H,2,10-11H2,1H3,(H,19,21). The number of carbonyl (C=O) groups excluding carboxylic acids is 1. The van der Waals surface area contributed by atoms with E-state index in [-0.39, 0.29) is 19.0 Å². The van der Waals surface area contributed by atoms with Gasteiger partial charge in [-0.15, -0.1) is 0 Å². The van der Waals surface area contributed by atoms with Gasteiger partial charge in [-0.05, 0) is 18.6 Å². The molecule has 0 amide bonds. The molecular weight excluding hydrogens is 310 g/mol. The molecule has 0 atom stereocenters. The molecule has 0 aliphatic rings. The number of carbonyl (C=O) groups is 1. The first-order valence-electron chi connectivity index (χ1n) is 7.57. The third-order valence-electron chi connectivity index (χ3n) is 3.51. The van der Waals surface area contributed by atoms with Crippen LogP contribution in [0, 0.1) is 0 Å². The molecular formula is C17H17N3O4. The first kappa shape index (κ1) is 15.9. The van der Waals surface area contributed by atoms with Gasteiger partial charge in [-0.25, -0.2) is 4.79 Å². The zero-order valence-electron chi connectivity index (χ0n) is 13.2. The monoisotopic (exact) mass is 327 g/mol. The van der Waals surface area contributed by atoms with Crippen LogP contribution in [0.2, 0.25) is 0 Å². The Morgan fingerprint density at radius 3 is 2.79 bits per heavy atom. The highest BCUT2D eigenvalue weighted by atomic mass is 16.5. The van der Waals surface area contributed by atoms with Crippen molar-refractivity contribution in [3.05, 3.63) is 64.1 Å². The lowest BCUT2D eigenvalue weighted by molar-refractivity contribution is 0.0516. The summed E-state index contributed by atoms with van der Waals surface area (Å²) in [6, 6.07) is 11.4. The molecule has 0 fully saturated rings. The summed E-state index contributed by atoms with van der Waals surface area (Å²) in [6.07, 6.45) is 1.71. The molecule has 24 heavy (non-hydrogen) atoms. The summed E-state index contributed by atoms with van der Waals surface area (Å²) < 4.78 is 12.2.